The van der Waals surface area contributed by atoms with E-state index in [2.05, 4.69) is 5.10 Å². The van der Waals surface area contributed by atoms with Gasteiger partial charge in [-0.25, -0.2) is 16.8 Å². The molecule has 154 valence electrons. The van der Waals surface area contributed by atoms with E-state index in [1.165, 1.54) is 29.9 Å². The van der Waals surface area contributed by atoms with Gasteiger partial charge in [-0.2, -0.15) is 0 Å². The van der Waals surface area contributed by atoms with E-state index in [1.54, 1.807) is 24.5 Å². The predicted molar refractivity (Wildman–Crippen MR) is 107 cm³/mol. The smallest absolute Gasteiger partial charge is 0.277 e. The summed E-state index contributed by atoms with van der Waals surface area (Å²) < 4.78 is 51.5. The molecule has 11 heteroatoms. The third-order valence-corrected chi connectivity index (χ3v) is 6.28. The Kier molecular flexibility index (Phi) is 5.13. The fraction of sp³-hybridized carbons (Fsp3) is 0.222. The van der Waals surface area contributed by atoms with Crippen molar-refractivity contribution in [3.05, 3.63) is 69.9 Å². The molecule has 0 amide bonds. The summed E-state index contributed by atoms with van der Waals surface area (Å²) in [4.78, 5) is 25.2. The topological polar surface area (TPSA) is 128 Å². The maximum atomic E-state index is 13.1. The molecule has 0 saturated carbocycles. The normalized spacial score (nSPS) is 12.2. The van der Waals surface area contributed by atoms with Crippen molar-refractivity contribution in [2.45, 2.75) is 10.6 Å². The van der Waals surface area contributed by atoms with Gasteiger partial charge < -0.3 is 9.67 Å². The van der Waals surface area contributed by atoms with Gasteiger partial charge in [0.25, 0.3) is 5.56 Å². The van der Waals surface area contributed by atoms with Crippen LogP contribution >= 0.6 is 0 Å². The molecule has 0 aliphatic heterocycles. The fourth-order valence-electron chi connectivity index (χ4n) is 3.07. The highest BCUT2D eigenvalue weighted by Crippen LogP contribution is 2.30. The lowest BCUT2D eigenvalue weighted by atomic mass is 9.99. The highest BCUT2D eigenvalue weighted by molar-refractivity contribution is 7.91. The maximum Gasteiger partial charge on any atom is 0.277 e. The van der Waals surface area contributed by atoms with E-state index in [9.17, 15) is 26.4 Å². The molecule has 3 aromatic rings. The zero-order chi connectivity index (χ0) is 21.6. The van der Waals surface area contributed by atoms with Gasteiger partial charge in [0.15, 0.2) is 19.7 Å². The Labute approximate surface area is 167 Å². The molecule has 0 aliphatic rings. The number of aryl methyl sites for hydroxylation is 1. The first-order valence-electron chi connectivity index (χ1n) is 8.36. The van der Waals surface area contributed by atoms with Gasteiger partial charge in [0, 0.05) is 49.3 Å². The van der Waals surface area contributed by atoms with Crippen LogP contribution in [-0.4, -0.2) is 49.5 Å². The van der Waals surface area contributed by atoms with Crippen molar-refractivity contribution in [1.29, 1.82) is 0 Å². The minimum Gasteiger partial charge on any atom is -0.322 e. The summed E-state index contributed by atoms with van der Waals surface area (Å²) in [5.41, 5.74) is -0.716. The molecule has 0 radical (unpaired) electrons. The number of benzene rings is 1. The second-order valence-corrected chi connectivity index (χ2v) is 10.9. The molecular formula is C18H19N3O6S2. The molecule has 3 rings (SSSR count). The van der Waals surface area contributed by atoms with E-state index in [-0.39, 0.29) is 27.3 Å². The van der Waals surface area contributed by atoms with Crippen molar-refractivity contribution in [3.63, 3.8) is 0 Å². The molecule has 1 N–H and O–H groups in total. The summed E-state index contributed by atoms with van der Waals surface area (Å²) in [6.45, 7) is 0. The van der Waals surface area contributed by atoms with Crippen LogP contribution in [0.1, 0.15) is 21.5 Å². The molecule has 0 saturated heterocycles. The van der Waals surface area contributed by atoms with Gasteiger partial charge in [0.05, 0.1) is 16.3 Å². The van der Waals surface area contributed by atoms with Crippen LogP contribution in [-0.2, 0) is 32.5 Å². The highest BCUT2D eigenvalue weighted by atomic mass is 32.2. The molecule has 0 atom stereocenters. The predicted octanol–water partition coefficient (Wildman–Crippen LogP) is 0.683. The molecule has 0 fully saturated rings. The average molecular weight is 437 g/mol. The van der Waals surface area contributed by atoms with Crippen LogP contribution in [0.25, 0.3) is 5.69 Å². The second kappa shape index (κ2) is 7.16. The second-order valence-electron chi connectivity index (χ2n) is 6.75. The lowest BCUT2D eigenvalue weighted by Crippen LogP contribution is -2.21. The van der Waals surface area contributed by atoms with E-state index in [0.717, 1.165) is 17.2 Å². The van der Waals surface area contributed by atoms with Gasteiger partial charge in [-0.3, -0.25) is 14.3 Å². The first-order valence-corrected chi connectivity index (χ1v) is 12.3. The minimum atomic E-state index is -3.75. The van der Waals surface area contributed by atoms with Gasteiger partial charge in [-0.15, -0.1) is 0 Å². The third kappa shape index (κ3) is 4.10. The van der Waals surface area contributed by atoms with Gasteiger partial charge in [0.1, 0.15) is 5.56 Å². The number of H-pyrrole nitrogens is 1. The SMILES string of the molecule is Cn1[nH]cc(C(=O)c2ccc(S(C)(=O)=O)c(-n3cccc3)c2CS(C)(=O)=O)c1=O. The van der Waals surface area contributed by atoms with Crippen LogP contribution in [0, 0.1) is 0 Å². The van der Waals surface area contributed by atoms with Crippen LogP contribution in [0.2, 0.25) is 0 Å². The van der Waals surface area contributed by atoms with Crippen molar-refractivity contribution in [2.75, 3.05) is 12.5 Å². The number of aromatic nitrogens is 3. The number of hydrogen-bond acceptors (Lipinski definition) is 6. The number of sulfone groups is 2. The Bertz CT molecular complexity index is 1360. The number of hydrogen-bond donors (Lipinski definition) is 1. The number of nitrogens with one attached hydrogen (secondary N) is 1. The molecule has 0 aliphatic carbocycles. The zero-order valence-electron chi connectivity index (χ0n) is 15.9. The summed E-state index contributed by atoms with van der Waals surface area (Å²) >= 11 is 0. The summed E-state index contributed by atoms with van der Waals surface area (Å²) in [6.07, 6.45) is 6.33. The van der Waals surface area contributed by atoms with Gasteiger partial charge in [-0.1, -0.05) is 0 Å². The van der Waals surface area contributed by atoms with E-state index in [4.69, 9.17) is 0 Å². The van der Waals surface area contributed by atoms with Crippen LogP contribution in [0.3, 0.4) is 0 Å². The minimum absolute atomic E-state index is 0.0138. The standard InChI is InChI=1S/C18H19N3O6S2/c1-20-18(23)13(10-19-20)17(22)12-6-7-15(29(3,26)27)16(21-8-4-5-9-21)14(12)11-28(2,24)25/h4-10,19H,11H2,1-3H3. The molecule has 9 nitrogen and oxygen atoms in total. The quantitative estimate of drug-likeness (QED) is 0.565. The van der Waals surface area contributed by atoms with Crippen LogP contribution in [0.5, 0.6) is 0 Å². The molecule has 0 bridgehead atoms. The molecule has 29 heavy (non-hydrogen) atoms. The van der Waals surface area contributed by atoms with Crippen molar-refractivity contribution < 1.29 is 21.6 Å². The first kappa shape index (κ1) is 20.8. The summed E-state index contributed by atoms with van der Waals surface area (Å²) in [6, 6.07) is 5.79. The molecule has 1 aromatic carbocycles. The zero-order valence-corrected chi connectivity index (χ0v) is 17.5. The monoisotopic (exact) mass is 437 g/mol. The van der Waals surface area contributed by atoms with Crippen LogP contribution in [0.4, 0.5) is 0 Å². The fourth-order valence-corrected chi connectivity index (χ4v) is 4.78. The number of carbonyl (C=O) groups is 1. The van der Waals surface area contributed by atoms with E-state index in [0.29, 0.717) is 0 Å². The van der Waals surface area contributed by atoms with E-state index >= 15 is 0 Å². The summed E-state index contributed by atoms with van der Waals surface area (Å²) in [7, 11) is -5.96. The number of aromatic amines is 1. The Morgan fingerprint density at radius 1 is 1.03 bits per heavy atom. The van der Waals surface area contributed by atoms with Crippen LogP contribution in [0.15, 0.2) is 52.5 Å². The molecule has 0 unspecified atom stereocenters. The van der Waals surface area contributed by atoms with Crippen LogP contribution < -0.4 is 5.56 Å². The van der Waals surface area contributed by atoms with Crippen molar-refractivity contribution in [3.8, 4) is 5.69 Å². The van der Waals surface area contributed by atoms with Crippen molar-refractivity contribution in [2.24, 2.45) is 7.05 Å². The summed E-state index contributed by atoms with van der Waals surface area (Å²) in [5.74, 6) is -1.27. The average Bonchev–Trinajstić information content (AvgIpc) is 3.23. The highest BCUT2D eigenvalue weighted by Gasteiger charge is 2.27. The number of carbonyl (C=O) groups excluding carboxylic acids is 1. The molecule has 0 spiro atoms. The lowest BCUT2D eigenvalue weighted by molar-refractivity contribution is 0.103. The Morgan fingerprint density at radius 2 is 1.66 bits per heavy atom. The lowest BCUT2D eigenvalue weighted by Gasteiger charge is -2.18. The van der Waals surface area contributed by atoms with Crippen molar-refractivity contribution >= 4 is 25.5 Å². The van der Waals surface area contributed by atoms with E-state index < -0.39 is 36.8 Å². The first-order chi connectivity index (χ1) is 13.4. The Morgan fingerprint density at radius 3 is 2.14 bits per heavy atom. The largest absolute Gasteiger partial charge is 0.322 e. The van der Waals surface area contributed by atoms with Crippen molar-refractivity contribution in [1.82, 2.24) is 14.3 Å². The summed E-state index contributed by atoms with van der Waals surface area (Å²) in [5, 5.41) is 2.60. The number of rotatable bonds is 6. The number of ketones is 1. The third-order valence-electron chi connectivity index (χ3n) is 4.34. The number of nitrogens with zero attached hydrogens (tertiary/aromatic N) is 2. The van der Waals surface area contributed by atoms with Gasteiger partial charge in [0.2, 0.25) is 5.78 Å². The van der Waals surface area contributed by atoms with E-state index in [1.807, 2.05) is 0 Å². The molecular weight excluding hydrogens is 418 g/mol. The molecule has 2 heterocycles. The molecule has 2 aromatic heterocycles. The maximum absolute atomic E-state index is 13.1. The Hall–Kier alpha value is -2.92. The van der Waals surface area contributed by atoms with Gasteiger partial charge >= 0.3 is 0 Å². The Balaban J connectivity index is 2.41. The van der Waals surface area contributed by atoms with Gasteiger partial charge in [-0.05, 0) is 24.3 Å².